The van der Waals surface area contributed by atoms with E-state index in [9.17, 15) is 4.79 Å². The SMILES string of the molecule is CCCC/C(C)=N/NC(=O)c1cc(OCC)c(OCC)c(OCC)c1. The molecule has 6 heteroatoms. The Bertz CT molecular complexity index is 558. The molecule has 140 valence electrons. The molecule has 0 aliphatic carbocycles. The first-order valence-corrected chi connectivity index (χ1v) is 8.97. The molecule has 0 heterocycles. The first-order valence-electron chi connectivity index (χ1n) is 8.97. The molecule has 0 aliphatic heterocycles. The van der Waals surface area contributed by atoms with Crippen molar-refractivity contribution in [1.82, 2.24) is 5.43 Å². The third-order valence-corrected chi connectivity index (χ3v) is 3.41. The Labute approximate surface area is 150 Å². The summed E-state index contributed by atoms with van der Waals surface area (Å²) in [5.41, 5.74) is 3.91. The van der Waals surface area contributed by atoms with Crippen LogP contribution in [0, 0.1) is 0 Å². The van der Waals surface area contributed by atoms with Crippen molar-refractivity contribution in [2.75, 3.05) is 19.8 Å². The molecule has 1 N–H and O–H groups in total. The van der Waals surface area contributed by atoms with Gasteiger partial charge in [-0.1, -0.05) is 13.3 Å². The first kappa shape index (κ1) is 20.8. The predicted octanol–water partition coefficient (Wildman–Crippen LogP) is 4.18. The van der Waals surface area contributed by atoms with Gasteiger partial charge in [0, 0.05) is 11.3 Å². The quantitative estimate of drug-likeness (QED) is 0.480. The molecule has 0 aromatic heterocycles. The fraction of sp³-hybridized carbons (Fsp3) is 0.579. The zero-order valence-electron chi connectivity index (χ0n) is 16.0. The van der Waals surface area contributed by atoms with Gasteiger partial charge >= 0.3 is 0 Å². The number of nitrogens with one attached hydrogen (secondary N) is 1. The highest BCUT2D eigenvalue weighted by Gasteiger charge is 2.18. The molecule has 1 amide bonds. The Morgan fingerprint density at radius 3 is 2.04 bits per heavy atom. The summed E-state index contributed by atoms with van der Waals surface area (Å²) in [6, 6.07) is 3.31. The molecule has 6 nitrogen and oxygen atoms in total. The van der Waals surface area contributed by atoms with Crippen LogP contribution in [0.25, 0.3) is 0 Å². The number of carbonyl (C=O) groups is 1. The molecule has 25 heavy (non-hydrogen) atoms. The molecule has 0 radical (unpaired) electrons. The number of benzene rings is 1. The van der Waals surface area contributed by atoms with Gasteiger partial charge in [0.2, 0.25) is 5.75 Å². The lowest BCUT2D eigenvalue weighted by atomic mass is 10.1. The Morgan fingerprint density at radius 2 is 1.56 bits per heavy atom. The molecule has 0 atom stereocenters. The molecule has 1 rings (SSSR count). The molecule has 1 aromatic rings. The minimum Gasteiger partial charge on any atom is -0.490 e. The van der Waals surface area contributed by atoms with E-state index >= 15 is 0 Å². The number of rotatable bonds is 11. The van der Waals surface area contributed by atoms with Crippen molar-refractivity contribution >= 4 is 11.6 Å². The van der Waals surface area contributed by atoms with Gasteiger partial charge in [0.15, 0.2) is 11.5 Å². The fourth-order valence-corrected chi connectivity index (χ4v) is 2.22. The number of hydrogen-bond donors (Lipinski definition) is 1. The fourth-order valence-electron chi connectivity index (χ4n) is 2.22. The lowest BCUT2D eigenvalue weighted by Gasteiger charge is -2.16. The second-order valence-electron chi connectivity index (χ2n) is 5.49. The molecule has 1 aromatic carbocycles. The van der Waals surface area contributed by atoms with Crippen LogP contribution in [0.2, 0.25) is 0 Å². The van der Waals surface area contributed by atoms with Crippen molar-refractivity contribution in [3.05, 3.63) is 17.7 Å². The molecule has 0 spiro atoms. The number of carbonyl (C=O) groups excluding carboxylic acids is 1. The molecule has 0 bridgehead atoms. The maximum atomic E-state index is 12.4. The molecule has 0 saturated carbocycles. The highest BCUT2D eigenvalue weighted by atomic mass is 16.5. The molecule has 0 aliphatic rings. The monoisotopic (exact) mass is 350 g/mol. The van der Waals surface area contributed by atoms with E-state index in [0.29, 0.717) is 42.6 Å². The minimum atomic E-state index is -0.305. The highest BCUT2D eigenvalue weighted by molar-refractivity contribution is 5.96. The van der Waals surface area contributed by atoms with Gasteiger partial charge in [-0.25, -0.2) is 5.43 Å². The average molecular weight is 350 g/mol. The van der Waals surface area contributed by atoms with Crippen LogP contribution in [0.4, 0.5) is 0 Å². The normalized spacial score (nSPS) is 11.2. The number of unbranched alkanes of at least 4 members (excludes halogenated alkanes) is 1. The number of hydrazone groups is 1. The lowest BCUT2D eigenvalue weighted by molar-refractivity contribution is 0.0953. The zero-order chi connectivity index (χ0) is 18.7. The van der Waals surface area contributed by atoms with Crippen molar-refractivity contribution in [2.24, 2.45) is 5.10 Å². The van der Waals surface area contributed by atoms with Crippen LogP contribution in [0.3, 0.4) is 0 Å². The van der Waals surface area contributed by atoms with E-state index in [2.05, 4.69) is 17.5 Å². The Morgan fingerprint density at radius 1 is 1.00 bits per heavy atom. The third-order valence-electron chi connectivity index (χ3n) is 3.41. The van der Waals surface area contributed by atoms with Crippen LogP contribution in [0.1, 0.15) is 64.2 Å². The predicted molar refractivity (Wildman–Crippen MR) is 100 cm³/mol. The number of amides is 1. The van der Waals surface area contributed by atoms with E-state index in [1.54, 1.807) is 12.1 Å². The van der Waals surface area contributed by atoms with E-state index < -0.39 is 0 Å². The number of hydrogen-bond acceptors (Lipinski definition) is 5. The summed E-state index contributed by atoms with van der Waals surface area (Å²) >= 11 is 0. The van der Waals surface area contributed by atoms with Crippen LogP contribution >= 0.6 is 0 Å². The number of nitrogens with zero attached hydrogens (tertiary/aromatic N) is 1. The standard InChI is InChI=1S/C19H30N2O4/c1-6-10-11-14(5)20-21-19(22)15-12-16(23-7-2)18(25-9-4)17(13-15)24-8-3/h12-13H,6-11H2,1-5H3,(H,21,22)/b20-14+. The Hall–Kier alpha value is -2.24. The Kier molecular flexibility index (Phi) is 9.43. The van der Waals surface area contributed by atoms with E-state index in [1.807, 2.05) is 27.7 Å². The van der Waals surface area contributed by atoms with Crippen molar-refractivity contribution in [1.29, 1.82) is 0 Å². The van der Waals surface area contributed by atoms with Gasteiger partial charge in [-0.2, -0.15) is 5.10 Å². The van der Waals surface area contributed by atoms with Crippen LogP contribution in [0.15, 0.2) is 17.2 Å². The molecule has 0 saturated heterocycles. The third kappa shape index (κ3) is 6.64. The van der Waals surface area contributed by atoms with Gasteiger partial charge in [-0.05, 0) is 52.7 Å². The minimum absolute atomic E-state index is 0.305. The van der Waals surface area contributed by atoms with Gasteiger partial charge in [0.05, 0.1) is 19.8 Å². The molecule has 0 unspecified atom stereocenters. The maximum absolute atomic E-state index is 12.4. The van der Waals surface area contributed by atoms with Crippen molar-refractivity contribution in [3.63, 3.8) is 0 Å². The van der Waals surface area contributed by atoms with Crippen LogP contribution in [-0.4, -0.2) is 31.4 Å². The van der Waals surface area contributed by atoms with E-state index in [-0.39, 0.29) is 5.91 Å². The topological polar surface area (TPSA) is 69.2 Å². The zero-order valence-corrected chi connectivity index (χ0v) is 16.0. The molecular weight excluding hydrogens is 320 g/mol. The summed E-state index contributed by atoms with van der Waals surface area (Å²) in [5.74, 6) is 1.20. The summed E-state index contributed by atoms with van der Waals surface area (Å²) in [6.07, 6.45) is 3.01. The van der Waals surface area contributed by atoms with Crippen molar-refractivity contribution < 1.29 is 19.0 Å². The lowest BCUT2D eigenvalue weighted by Crippen LogP contribution is -2.19. The highest BCUT2D eigenvalue weighted by Crippen LogP contribution is 2.39. The van der Waals surface area contributed by atoms with Crippen molar-refractivity contribution in [3.8, 4) is 17.2 Å². The van der Waals surface area contributed by atoms with Gasteiger partial charge in [0.25, 0.3) is 5.91 Å². The smallest absolute Gasteiger partial charge is 0.271 e. The molecule has 0 fully saturated rings. The van der Waals surface area contributed by atoms with Crippen LogP contribution < -0.4 is 19.6 Å². The van der Waals surface area contributed by atoms with Crippen LogP contribution in [-0.2, 0) is 0 Å². The van der Waals surface area contributed by atoms with Gasteiger partial charge in [0.1, 0.15) is 0 Å². The second-order valence-corrected chi connectivity index (χ2v) is 5.49. The van der Waals surface area contributed by atoms with Crippen LogP contribution in [0.5, 0.6) is 17.2 Å². The summed E-state index contributed by atoms with van der Waals surface area (Å²) in [4.78, 5) is 12.4. The first-order chi connectivity index (χ1) is 12.1. The summed E-state index contributed by atoms with van der Waals surface area (Å²) in [6.45, 7) is 11.1. The van der Waals surface area contributed by atoms with Gasteiger partial charge in [-0.3, -0.25) is 4.79 Å². The van der Waals surface area contributed by atoms with Crippen molar-refractivity contribution in [2.45, 2.75) is 53.9 Å². The summed E-state index contributed by atoms with van der Waals surface area (Å²) < 4.78 is 16.9. The van der Waals surface area contributed by atoms with Gasteiger partial charge < -0.3 is 14.2 Å². The van der Waals surface area contributed by atoms with Gasteiger partial charge in [-0.15, -0.1) is 0 Å². The summed E-state index contributed by atoms with van der Waals surface area (Å²) in [7, 11) is 0. The second kappa shape index (κ2) is 11.3. The Balaban J connectivity index is 3.06. The van der Waals surface area contributed by atoms with E-state index in [1.165, 1.54) is 0 Å². The number of ether oxygens (including phenoxy) is 3. The summed E-state index contributed by atoms with van der Waals surface area (Å²) in [5, 5.41) is 4.15. The largest absolute Gasteiger partial charge is 0.490 e. The van der Waals surface area contributed by atoms with E-state index in [4.69, 9.17) is 14.2 Å². The van der Waals surface area contributed by atoms with E-state index in [0.717, 1.165) is 25.0 Å². The average Bonchev–Trinajstić information content (AvgIpc) is 2.60. The maximum Gasteiger partial charge on any atom is 0.271 e. The molecular formula is C19H30N2O4.